The Morgan fingerprint density at radius 2 is 1.77 bits per heavy atom. The van der Waals surface area contributed by atoms with Crippen LogP contribution in [0, 0.1) is 17.7 Å². The third kappa shape index (κ3) is 4.28. The Labute approximate surface area is 246 Å². The monoisotopic (exact) mass is 585 g/mol. The lowest BCUT2D eigenvalue weighted by Crippen LogP contribution is -2.60. The first-order valence-electron chi connectivity index (χ1n) is 14.8. The minimum Gasteiger partial charge on any atom is -0.352 e. The van der Waals surface area contributed by atoms with E-state index in [9.17, 15) is 9.59 Å². The molecule has 0 unspecified atom stereocenters. The van der Waals surface area contributed by atoms with Crippen LogP contribution in [0.2, 0.25) is 10.0 Å². The van der Waals surface area contributed by atoms with Crippen molar-refractivity contribution in [3.8, 4) is 0 Å². The Balaban J connectivity index is 1.48. The van der Waals surface area contributed by atoms with E-state index in [2.05, 4.69) is 29.8 Å². The number of benzene rings is 2. The molecule has 1 saturated heterocycles. The van der Waals surface area contributed by atoms with Crippen molar-refractivity contribution in [3.63, 3.8) is 0 Å². The van der Waals surface area contributed by atoms with Crippen LogP contribution in [0.3, 0.4) is 0 Å². The second-order valence-corrected chi connectivity index (χ2v) is 13.5. The molecule has 2 saturated carbocycles. The van der Waals surface area contributed by atoms with E-state index in [1.54, 1.807) is 24.3 Å². The molecule has 2 amide bonds. The molecule has 2 aliphatic heterocycles. The standard InChI is InChI=1S/C32H38Cl2FN3O2/c1-18(2)19-9-12-21(13-10-19)36-29(39)28-26(22-7-6-8-24(34)27(22)35)32(31(38-28)15-4-3-5-16-31)23-14-11-20(33)17-25(23)37-30(32)40/h6-8,11,14,17-19,21,26,28,38H,3-5,9-10,12-13,15-16H2,1-2H3,(H,36,39)(H,37,40)/t19?,21?,26-,28+,32+/m0/s1. The summed E-state index contributed by atoms with van der Waals surface area (Å²) >= 11 is 12.7. The first-order chi connectivity index (χ1) is 19.2. The molecule has 3 N–H and O–H groups in total. The van der Waals surface area contributed by atoms with Gasteiger partial charge in [-0.1, -0.05) is 74.5 Å². The van der Waals surface area contributed by atoms with Crippen molar-refractivity contribution < 1.29 is 14.0 Å². The lowest BCUT2D eigenvalue weighted by atomic mass is 9.55. The van der Waals surface area contributed by atoms with Gasteiger partial charge in [0.2, 0.25) is 11.8 Å². The van der Waals surface area contributed by atoms with Gasteiger partial charge in [-0.15, -0.1) is 0 Å². The molecule has 2 aromatic rings. The van der Waals surface area contributed by atoms with Crippen LogP contribution in [0.1, 0.15) is 88.7 Å². The fourth-order valence-corrected chi connectivity index (χ4v) is 8.79. The zero-order valence-electron chi connectivity index (χ0n) is 23.2. The average Bonchev–Trinajstić information content (AvgIpc) is 3.38. The zero-order chi connectivity index (χ0) is 28.2. The second-order valence-electron chi connectivity index (χ2n) is 12.7. The molecule has 2 aliphatic carbocycles. The van der Waals surface area contributed by atoms with Gasteiger partial charge in [-0.3, -0.25) is 14.9 Å². The molecule has 40 heavy (non-hydrogen) atoms. The van der Waals surface area contributed by atoms with Crippen LogP contribution in [0.5, 0.6) is 0 Å². The lowest BCUT2D eigenvalue weighted by Gasteiger charge is -2.47. The SMILES string of the molecule is CC(C)C1CCC(NC(=O)[C@@H]2NC3(CCCCC3)[C@@]3(C(=O)Nc4cc(Cl)ccc43)[C@H]2c2cccc(Cl)c2F)CC1. The van der Waals surface area contributed by atoms with Crippen LogP contribution in [-0.2, 0) is 15.0 Å². The van der Waals surface area contributed by atoms with Gasteiger partial charge in [-0.25, -0.2) is 4.39 Å². The maximum absolute atomic E-state index is 16.0. The fraction of sp³-hybridized carbons (Fsp3) is 0.562. The van der Waals surface area contributed by atoms with Gasteiger partial charge in [0.25, 0.3) is 0 Å². The Morgan fingerprint density at radius 3 is 2.48 bits per heavy atom. The fourth-order valence-electron chi connectivity index (χ4n) is 8.44. The summed E-state index contributed by atoms with van der Waals surface area (Å²) in [5.41, 5.74) is -0.219. The summed E-state index contributed by atoms with van der Waals surface area (Å²) in [6.07, 6.45) is 8.34. The predicted octanol–water partition coefficient (Wildman–Crippen LogP) is 7.11. The van der Waals surface area contributed by atoms with Crippen molar-refractivity contribution in [1.29, 1.82) is 0 Å². The average molecular weight is 587 g/mol. The summed E-state index contributed by atoms with van der Waals surface area (Å²) in [6.45, 7) is 4.52. The van der Waals surface area contributed by atoms with Crippen LogP contribution in [-0.4, -0.2) is 29.4 Å². The van der Waals surface area contributed by atoms with E-state index in [-0.39, 0.29) is 22.9 Å². The van der Waals surface area contributed by atoms with Gasteiger partial charge < -0.3 is 10.6 Å². The highest BCUT2D eigenvalue weighted by atomic mass is 35.5. The van der Waals surface area contributed by atoms with Gasteiger partial charge in [0.15, 0.2) is 0 Å². The summed E-state index contributed by atoms with van der Waals surface area (Å²) in [6, 6.07) is 9.59. The van der Waals surface area contributed by atoms with Crippen LogP contribution < -0.4 is 16.0 Å². The van der Waals surface area contributed by atoms with Crippen molar-refractivity contribution in [2.75, 3.05) is 5.32 Å². The van der Waals surface area contributed by atoms with Crippen molar-refractivity contribution in [3.05, 3.63) is 63.4 Å². The summed E-state index contributed by atoms with van der Waals surface area (Å²) in [7, 11) is 0. The minimum atomic E-state index is -1.20. The van der Waals surface area contributed by atoms with Crippen LogP contribution in [0.15, 0.2) is 36.4 Å². The summed E-state index contributed by atoms with van der Waals surface area (Å²) in [5.74, 6) is -0.452. The Bertz CT molecular complexity index is 1320. The summed E-state index contributed by atoms with van der Waals surface area (Å²) in [5, 5.41) is 10.6. The van der Waals surface area contributed by atoms with Gasteiger partial charge in [0, 0.05) is 28.2 Å². The number of fused-ring (bicyclic) bond motifs is 3. The first kappa shape index (κ1) is 28.0. The molecular formula is C32H38Cl2FN3O2. The predicted molar refractivity (Wildman–Crippen MR) is 157 cm³/mol. The highest BCUT2D eigenvalue weighted by Gasteiger charge is 2.72. The van der Waals surface area contributed by atoms with Crippen molar-refractivity contribution in [2.24, 2.45) is 11.8 Å². The number of amides is 2. The molecule has 2 heterocycles. The molecule has 6 rings (SSSR count). The van der Waals surface area contributed by atoms with E-state index in [1.165, 1.54) is 6.07 Å². The molecule has 4 aliphatic rings. The van der Waals surface area contributed by atoms with Crippen LogP contribution in [0.4, 0.5) is 10.1 Å². The third-order valence-electron chi connectivity index (χ3n) is 10.4. The molecule has 0 aromatic heterocycles. The zero-order valence-corrected chi connectivity index (χ0v) is 24.7. The maximum Gasteiger partial charge on any atom is 0.238 e. The Hall–Kier alpha value is -2.15. The smallest absolute Gasteiger partial charge is 0.238 e. The second kappa shape index (κ2) is 10.6. The van der Waals surface area contributed by atoms with E-state index in [0.29, 0.717) is 41.0 Å². The van der Waals surface area contributed by atoms with Crippen LogP contribution in [0.25, 0.3) is 0 Å². The van der Waals surface area contributed by atoms with E-state index in [4.69, 9.17) is 23.2 Å². The van der Waals surface area contributed by atoms with E-state index < -0.39 is 28.7 Å². The van der Waals surface area contributed by atoms with Gasteiger partial charge in [-0.2, -0.15) is 0 Å². The molecule has 0 bridgehead atoms. The van der Waals surface area contributed by atoms with E-state index in [0.717, 1.165) is 50.5 Å². The summed E-state index contributed by atoms with van der Waals surface area (Å²) < 4.78 is 16.0. The molecule has 2 spiro atoms. The number of rotatable bonds is 4. The summed E-state index contributed by atoms with van der Waals surface area (Å²) in [4.78, 5) is 28.7. The van der Waals surface area contributed by atoms with E-state index >= 15 is 4.39 Å². The Morgan fingerprint density at radius 1 is 1.05 bits per heavy atom. The number of anilines is 1. The third-order valence-corrected chi connectivity index (χ3v) is 10.9. The topological polar surface area (TPSA) is 70.2 Å². The molecule has 5 nitrogen and oxygen atoms in total. The van der Waals surface area contributed by atoms with Crippen molar-refractivity contribution in [2.45, 2.75) is 101 Å². The largest absolute Gasteiger partial charge is 0.352 e. The first-order valence-corrected chi connectivity index (χ1v) is 15.6. The van der Waals surface area contributed by atoms with Crippen molar-refractivity contribution >= 4 is 40.7 Å². The highest BCUT2D eigenvalue weighted by molar-refractivity contribution is 6.31. The molecular weight excluding hydrogens is 548 g/mol. The number of halogens is 3. The maximum atomic E-state index is 16.0. The normalized spacial score (nSPS) is 31.0. The highest BCUT2D eigenvalue weighted by Crippen LogP contribution is 2.62. The number of carbonyl (C=O) groups is 2. The molecule has 2 aromatic carbocycles. The number of hydrogen-bond donors (Lipinski definition) is 3. The molecule has 3 atom stereocenters. The van der Waals surface area contributed by atoms with Gasteiger partial charge in [0.05, 0.1) is 11.1 Å². The number of hydrogen-bond acceptors (Lipinski definition) is 3. The Kier molecular flexibility index (Phi) is 7.42. The number of carbonyl (C=O) groups excluding carboxylic acids is 2. The van der Waals surface area contributed by atoms with Gasteiger partial charge in [0.1, 0.15) is 11.2 Å². The molecule has 3 fully saturated rings. The van der Waals surface area contributed by atoms with Crippen molar-refractivity contribution in [1.82, 2.24) is 10.6 Å². The van der Waals surface area contributed by atoms with Crippen LogP contribution >= 0.6 is 23.2 Å². The molecule has 8 heteroatoms. The molecule has 0 radical (unpaired) electrons. The lowest BCUT2D eigenvalue weighted by molar-refractivity contribution is -0.124. The molecule has 214 valence electrons. The minimum absolute atomic E-state index is 0.0156. The van der Waals surface area contributed by atoms with Gasteiger partial charge >= 0.3 is 0 Å². The van der Waals surface area contributed by atoms with E-state index in [1.807, 2.05) is 6.07 Å². The quantitative estimate of drug-likeness (QED) is 0.358. The van der Waals surface area contributed by atoms with Gasteiger partial charge in [-0.05, 0) is 79.7 Å². The number of nitrogens with one attached hydrogen (secondary N) is 3.